The van der Waals surface area contributed by atoms with Gasteiger partial charge in [0.15, 0.2) is 11.6 Å². The highest BCUT2D eigenvalue weighted by Gasteiger charge is 2.34. The second-order valence-corrected chi connectivity index (χ2v) is 5.39. The fourth-order valence-corrected chi connectivity index (χ4v) is 3.11. The van der Waals surface area contributed by atoms with Crippen molar-refractivity contribution < 1.29 is 19.0 Å². The first-order valence-electron chi connectivity index (χ1n) is 6.85. The summed E-state index contributed by atoms with van der Waals surface area (Å²) in [5.74, 6) is -2.05. The smallest absolute Gasteiger partial charge is 0.339 e. The molecule has 0 aliphatic heterocycles. The van der Waals surface area contributed by atoms with Crippen molar-refractivity contribution in [3.05, 3.63) is 29.1 Å². The van der Waals surface area contributed by atoms with Gasteiger partial charge in [-0.2, -0.15) is 0 Å². The monoisotopic (exact) mass is 281 g/mol. The second kappa shape index (κ2) is 5.79. The van der Waals surface area contributed by atoms with Gasteiger partial charge in [0.1, 0.15) is 5.56 Å². The van der Waals surface area contributed by atoms with Gasteiger partial charge < -0.3 is 15.6 Å². The number of hydrogen-bond donors (Lipinski definition) is 2. The molecule has 3 N–H and O–H groups in total. The van der Waals surface area contributed by atoms with E-state index in [0.717, 1.165) is 32.1 Å². The van der Waals surface area contributed by atoms with Gasteiger partial charge in [0.05, 0.1) is 7.11 Å². The van der Waals surface area contributed by atoms with Gasteiger partial charge in [0, 0.05) is 12.0 Å². The Bertz CT molecular complexity index is 510. The summed E-state index contributed by atoms with van der Waals surface area (Å²) < 4.78 is 19.0. The molecule has 1 aliphatic rings. The van der Waals surface area contributed by atoms with E-state index >= 15 is 0 Å². The van der Waals surface area contributed by atoms with Gasteiger partial charge in [0.25, 0.3) is 0 Å². The third kappa shape index (κ3) is 2.50. The molecule has 20 heavy (non-hydrogen) atoms. The number of aromatic carboxylic acids is 1. The molecule has 0 bridgehead atoms. The number of rotatable bonds is 4. The van der Waals surface area contributed by atoms with Gasteiger partial charge in [-0.15, -0.1) is 0 Å². The minimum absolute atomic E-state index is 0.138. The number of methoxy groups -OCH3 is 1. The van der Waals surface area contributed by atoms with E-state index in [-0.39, 0.29) is 16.7 Å². The summed E-state index contributed by atoms with van der Waals surface area (Å²) in [5.41, 5.74) is 6.14. The summed E-state index contributed by atoms with van der Waals surface area (Å²) in [6.45, 7) is 0.401. The van der Waals surface area contributed by atoms with E-state index in [1.165, 1.54) is 19.2 Å². The predicted molar refractivity (Wildman–Crippen MR) is 73.7 cm³/mol. The van der Waals surface area contributed by atoms with Crippen LogP contribution in [0.3, 0.4) is 0 Å². The average molecular weight is 281 g/mol. The Morgan fingerprint density at radius 3 is 2.55 bits per heavy atom. The predicted octanol–water partition coefficient (Wildman–Crippen LogP) is 2.69. The molecule has 2 rings (SSSR count). The largest absolute Gasteiger partial charge is 0.493 e. The van der Waals surface area contributed by atoms with Crippen molar-refractivity contribution in [3.8, 4) is 5.75 Å². The third-order valence-corrected chi connectivity index (χ3v) is 4.29. The fraction of sp³-hybridized carbons (Fsp3) is 0.533. The highest BCUT2D eigenvalue weighted by atomic mass is 19.1. The summed E-state index contributed by atoms with van der Waals surface area (Å²) >= 11 is 0. The SMILES string of the molecule is COc1c(F)cc(C2(CN)CCCCC2)cc1C(=O)O. The van der Waals surface area contributed by atoms with Crippen molar-refractivity contribution in [2.75, 3.05) is 13.7 Å². The number of nitrogens with two attached hydrogens (primary N) is 1. The molecule has 110 valence electrons. The van der Waals surface area contributed by atoms with Crippen LogP contribution < -0.4 is 10.5 Å². The molecular weight excluding hydrogens is 261 g/mol. The van der Waals surface area contributed by atoms with Gasteiger partial charge in [0.2, 0.25) is 0 Å². The van der Waals surface area contributed by atoms with Crippen molar-refractivity contribution in [2.24, 2.45) is 5.73 Å². The van der Waals surface area contributed by atoms with Crippen LogP contribution in [0, 0.1) is 5.82 Å². The summed E-state index contributed by atoms with van der Waals surface area (Å²) in [6.07, 6.45) is 4.95. The molecule has 1 aromatic carbocycles. The summed E-state index contributed by atoms with van der Waals surface area (Å²) in [4.78, 5) is 11.3. The normalized spacial score (nSPS) is 17.8. The van der Waals surface area contributed by atoms with Crippen LogP contribution >= 0.6 is 0 Å². The quantitative estimate of drug-likeness (QED) is 0.890. The molecule has 0 aromatic heterocycles. The number of halogens is 1. The van der Waals surface area contributed by atoms with E-state index in [2.05, 4.69) is 0 Å². The maximum atomic E-state index is 14.1. The molecule has 1 aliphatic carbocycles. The molecule has 0 saturated heterocycles. The second-order valence-electron chi connectivity index (χ2n) is 5.39. The molecule has 0 heterocycles. The summed E-state index contributed by atoms with van der Waals surface area (Å²) in [6, 6.07) is 2.89. The van der Waals surface area contributed by atoms with Crippen LogP contribution in [-0.2, 0) is 5.41 Å². The van der Waals surface area contributed by atoms with E-state index < -0.39 is 11.8 Å². The van der Waals surface area contributed by atoms with Crippen LogP contribution in [0.4, 0.5) is 4.39 Å². The lowest BCUT2D eigenvalue weighted by atomic mass is 9.69. The Kier molecular flexibility index (Phi) is 4.28. The summed E-state index contributed by atoms with van der Waals surface area (Å²) in [5, 5.41) is 9.22. The zero-order chi connectivity index (χ0) is 14.8. The van der Waals surface area contributed by atoms with Crippen LogP contribution in [0.1, 0.15) is 48.0 Å². The standard InChI is InChI=1S/C15H20FNO3/c1-20-13-11(14(18)19)7-10(8-12(13)16)15(9-17)5-3-2-4-6-15/h7-8H,2-6,9,17H2,1H3,(H,18,19). The van der Waals surface area contributed by atoms with E-state index in [4.69, 9.17) is 10.5 Å². The topological polar surface area (TPSA) is 72.5 Å². The molecule has 0 radical (unpaired) electrons. The highest BCUT2D eigenvalue weighted by molar-refractivity contribution is 5.91. The van der Waals surface area contributed by atoms with E-state index in [0.29, 0.717) is 12.1 Å². The van der Waals surface area contributed by atoms with Crippen molar-refractivity contribution >= 4 is 5.97 Å². The number of carboxylic acid groups (broad SMARTS) is 1. The van der Waals surface area contributed by atoms with Crippen molar-refractivity contribution in [1.29, 1.82) is 0 Å². The van der Waals surface area contributed by atoms with Gasteiger partial charge in [-0.1, -0.05) is 19.3 Å². The number of hydrogen-bond acceptors (Lipinski definition) is 3. The first-order valence-corrected chi connectivity index (χ1v) is 6.85. The molecule has 0 amide bonds. The molecule has 4 nitrogen and oxygen atoms in total. The van der Waals surface area contributed by atoms with Gasteiger partial charge >= 0.3 is 5.97 Å². The molecular formula is C15H20FNO3. The van der Waals surface area contributed by atoms with Gasteiger partial charge in [-0.05, 0) is 30.5 Å². The van der Waals surface area contributed by atoms with E-state index in [1.807, 2.05) is 0 Å². The number of ether oxygens (including phenoxy) is 1. The maximum absolute atomic E-state index is 14.1. The van der Waals surface area contributed by atoms with Crippen molar-refractivity contribution in [2.45, 2.75) is 37.5 Å². The minimum Gasteiger partial charge on any atom is -0.493 e. The highest BCUT2D eigenvalue weighted by Crippen LogP contribution is 2.40. The van der Waals surface area contributed by atoms with Gasteiger partial charge in [-0.3, -0.25) is 0 Å². The van der Waals surface area contributed by atoms with Gasteiger partial charge in [-0.25, -0.2) is 9.18 Å². The Labute approximate surface area is 117 Å². The zero-order valence-electron chi connectivity index (χ0n) is 11.6. The first kappa shape index (κ1) is 14.8. The average Bonchev–Trinajstić information content (AvgIpc) is 2.47. The molecule has 1 fully saturated rings. The van der Waals surface area contributed by atoms with Crippen LogP contribution in [0.25, 0.3) is 0 Å². The Balaban J connectivity index is 2.54. The first-order chi connectivity index (χ1) is 9.54. The lowest BCUT2D eigenvalue weighted by molar-refractivity contribution is 0.0692. The van der Waals surface area contributed by atoms with Crippen molar-refractivity contribution in [1.82, 2.24) is 0 Å². The van der Waals surface area contributed by atoms with E-state index in [9.17, 15) is 14.3 Å². The lowest BCUT2D eigenvalue weighted by Crippen LogP contribution is -2.37. The number of benzene rings is 1. The minimum atomic E-state index is -1.19. The summed E-state index contributed by atoms with van der Waals surface area (Å²) in [7, 11) is 1.27. The Morgan fingerprint density at radius 1 is 1.40 bits per heavy atom. The molecule has 0 atom stereocenters. The van der Waals surface area contributed by atoms with Crippen LogP contribution in [0.5, 0.6) is 5.75 Å². The van der Waals surface area contributed by atoms with E-state index in [1.54, 1.807) is 0 Å². The number of carbonyl (C=O) groups is 1. The fourth-order valence-electron chi connectivity index (χ4n) is 3.11. The van der Waals surface area contributed by atoms with Crippen LogP contribution in [0.15, 0.2) is 12.1 Å². The molecule has 1 aromatic rings. The Hall–Kier alpha value is -1.62. The lowest BCUT2D eigenvalue weighted by Gasteiger charge is -2.37. The Morgan fingerprint density at radius 2 is 2.05 bits per heavy atom. The third-order valence-electron chi connectivity index (χ3n) is 4.29. The zero-order valence-corrected chi connectivity index (χ0v) is 11.6. The maximum Gasteiger partial charge on any atom is 0.339 e. The molecule has 0 spiro atoms. The van der Waals surface area contributed by atoms with Crippen molar-refractivity contribution in [3.63, 3.8) is 0 Å². The van der Waals surface area contributed by atoms with Crippen LogP contribution in [0.2, 0.25) is 0 Å². The molecule has 0 unspecified atom stereocenters. The van der Waals surface area contributed by atoms with Crippen LogP contribution in [-0.4, -0.2) is 24.7 Å². The molecule has 5 heteroatoms. The number of carboxylic acids is 1. The molecule has 1 saturated carbocycles.